The monoisotopic (exact) mass is 533 g/mol. The van der Waals surface area contributed by atoms with Crippen LogP contribution in [0.5, 0.6) is 5.75 Å². The highest BCUT2D eigenvalue weighted by molar-refractivity contribution is 7.89. The maximum atomic E-state index is 13.5. The van der Waals surface area contributed by atoms with Gasteiger partial charge in [0.05, 0.1) is 29.7 Å². The lowest BCUT2D eigenvalue weighted by molar-refractivity contribution is -0.117. The van der Waals surface area contributed by atoms with Crippen LogP contribution < -0.4 is 10.1 Å². The van der Waals surface area contributed by atoms with Gasteiger partial charge in [0.15, 0.2) is 0 Å². The van der Waals surface area contributed by atoms with E-state index in [2.05, 4.69) is 5.32 Å². The van der Waals surface area contributed by atoms with Crippen LogP contribution in [-0.4, -0.2) is 73.4 Å². The van der Waals surface area contributed by atoms with Gasteiger partial charge in [0.2, 0.25) is 15.9 Å². The van der Waals surface area contributed by atoms with Crippen molar-refractivity contribution in [3.05, 3.63) is 53.8 Å². The molecule has 3 atom stereocenters. The number of hydrogen-bond donors (Lipinski definition) is 2. The Balaban J connectivity index is 1.64. The molecular weight excluding hydrogens is 501 g/mol. The number of ether oxygens (including phenoxy) is 1. The standard InChI is InChI=1S/C26H32FN3O6S/c1-16-13-30(17(2)15-31)26(33)22-12-20(28-25(32)18-4-5-18)8-11-23(22)36-24(16)14-29(3)37(34,35)21-9-6-19(27)7-10-21/h6-12,16-18,24,31H,4-5,13-15H2,1-3H3,(H,28,32)/t16-,17-,24+/m0/s1. The Morgan fingerprint density at radius 2 is 1.92 bits per heavy atom. The first kappa shape index (κ1) is 27.0. The number of hydrogen-bond acceptors (Lipinski definition) is 6. The number of halogens is 1. The first-order valence-electron chi connectivity index (χ1n) is 12.3. The third-order valence-corrected chi connectivity index (χ3v) is 8.68. The van der Waals surface area contributed by atoms with Crippen LogP contribution in [-0.2, 0) is 14.8 Å². The molecule has 11 heteroatoms. The first-order valence-corrected chi connectivity index (χ1v) is 13.7. The first-order chi connectivity index (χ1) is 17.5. The minimum atomic E-state index is -3.93. The number of sulfonamides is 1. The van der Waals surface area contributed by atoms with Crippen LogP contribution in [0.3, 0.4) is 0 Å². The predicted octanol–water partition coefficient (Wildman–Crippen LogP) is 2.72. The average molecular weight is 534 g/mol. The van der Waals surface area contributed by atoms with E-state index >= 15 is 0 Å². The Morgan fingerprint density at radius 3 is 2.54 bits per heavy atom. The van der Waals surface area contributed by atoms with E-state index < -0.39 is 28.0 Å². The highest BCUT2D eigenvalue weighted by Crippen LogP contribution is 2.33. The summed E-state index contributed by atoms with van der Waals surface area (Å²) in [4.78, 5) is 27.3. The Bertz CT molecular complexity index is 1270. The molecule has 1 aliphatic carbocycles. The van der Waals surface area contributed by atoms with Crippen molar-refractivity contribution in [1.29, 1.82) is 0 Å². The lowest BCUT2D eigenvalue weighted by atomic mass is 9.99. The van der Waals surface area contributed by atoms with E-state index in [4.69, 9.17) is 4.74 Å². The number of likely N-dealkylation sites (N-methyl/N-ethyl adjacent to an activating group) is 1. The van der Waals surface area contributed by atoms with E-state index in [1.54, 1.807) is 30.0 Å². The van der Waals surface area contributed by atoms with Crippen LogP contribution in [0.15, 0.2) is 47.4 Å². The van der Waals surface area contributed by atoms with E-state index in [-0.39, 0.29) is 59.6 Å². The summed E-state index contributed by atoms with van der Waals surface area (Å²) < 4.78 is 46.9. The molecule has 0 aromatic heterocycles. The number of amides is 2. The number of benzene rings is 2. The fourth-order valence-electron chi connectivity index (χ4n) is 4.25. The summed E-state index contributed by atoms with van der Waals surface area (Å²) in [6.07, 6.45) is 1.04. The smallest absolute Gasteiger partial charge is 0.258 e. The zero-order valence-corrected chi connectivity index (χ0v) is 21.9. The third-order valence-electron chi connectivity index (χ3n) is 6.84. The van der Waals surface area contributed by atoms with E-state index in [1.165, 1.54) is 19.2 Å². The summed E-state index contributed by atoms with van der Waals surface area (Å²) in [5.74, 6) is -1.04. The Labute approximate surface area is 216 Å². The zero-order valence-electron chi connectivity index (χ0n) is 21.1. The highest BCUT2D eigenvalue weighted by atomic mass is 32.2. The zero-order chi connectivity index (χ0) is 26.9. The molecule has 0 spiro atoms. The molecule has 200 valence electrons. The number of nitrogens with zero attached hydrogens (tertiary/aromatic N) is 2. The van der Waals surface area contributed by atoms with Gasteiger partial charge in [-0.15, -0.1) is 0 Å². The maximum absolute atomic E-state index is 13.5. The van der Waals surface area contributed by atoms with Gasteiger partial charge in [-0.1, -0.05) is 6.92 Å². The van der Waals surface area contributed by atoms with E-state index in [9.17, 15) is 27.5 Å². The Hall–Kier alpha value is -3.02. The summed E-state index contributed by atoms with van der Waals surface area (Å²) in [5, 5.41) is 12.6. The summed E-state index contributed by atoms with van der Waals surface area (Å²) in [6, 6.07) is 8.90. The molecule has 0 unspecified atom stereocenters. The van der Waals surface area contributed by atoms with Gasteiger partial charge in [-0.2, -0.15) is 4.31 Å². The van der Waals surface area contributed by atoms with Gasteiger partial charge in [0.1, 0.15) is 17.7 Å². The van der Waals surface area contributed by atoms with Crippen molar-refractivity contribution in [2.45, 2.75) is 43.7 Å². The lowest BCUT2D eigenvalue weighted by Gasteiger charge is -2.38. The maximum Gasteiger partial charge on any atom is 0.258 e. The van der Waals surface area contributed by atoms with E-state index in [1.807, 2.05) is 6.92 Å². The summed E-state index contributed by atoms with van der Waals surface area (Å²) in [6.45, 7) is 3.51. The minimum absolute atomic E-state index is 0.0105. The van der Waals surface area contributed by atoms with Gasteiger partial charge in [0, 0.05) is 31.1 Å². The van der Waals surface area contributed by atoms with Crippen molar-refractivity contribution in [1.82, 2.24) is 9.21 Å². The molecule has 2 aromatic carbocycles. The average Bonchev–Trinajstić information content (AvgIpc) is 3.72. The number of rotatable bonds is 8. The highest BCUT2D eigenvalue weighted by Gasteiger charge is 2.36. The summed E-state index contributed by atoms with van der Waals surface area (Å²) in [5.41, 5.74) is 0.681. The quantitative estimate of drug-likeness (QED) is 0.539. The second kappa shape index (κ2) is 10.8. The molecule has 1 saturated carbocycles. The largest absolute Gasteiger partial charge is 0.488 e. The molecule has 4 rings (SSSR count). The van der Waals surface area contributed by atoms with Crippen molar-refractivity contribution in [3.63, 3.8) is 0 Å². The molecule has 2 amide bonds. The molecule has 2 N–H and O–H groups in total. The molecule has 9 nitrogen and oxygen atoms in total. The fourth-order valence-corrected chi connectivity index (χ4v) is 5.43. The molecule has 0 radical (unpaired) electrons. The summed E-state index contributed by atoms with van der Waals surface area (Å²) in [7, 11) is -2.51. The van der Waals surface area contributed by atoms with Crippen molar-refractivity contribution < 1.29 is 32.2 Å². The van der Waals surface area contributed by atoms with E-state index in [0.717, 1.165) is 29.3 Å². The molecule has 2 aliphatic rings. The number of aliphatic hydroxyl groups excluding tert-OH is 1. The SMILES string of the molecule is C[C@H]1CN([C@@H](C)CO)C(=O)c2cc(NC(=O)C3CC3)ccc2O[C@@H]1CN(C)S(=O)(=O)c1ccc(F)cc1. The van der Waals surface area contributed by atoms with Crippen molar-refractivity contribution >= 4 is 27.5 Å². The van der Waals surface area contributed by atoms with Gasteiger partial charge in [-0.05, 0) is 62.2 Å². The second-order valence-electron chi connectivity index (χ2n) is 9.84. The lowest BCUT2D eigenvalue weighted by Crippen LogP contribution is -2.50. The predicted molar refractivity (Wildman–Crippen MR) is 135 cm³/mol. The molecule has 1 heterocycles. The van der Waals surface area contributed by atoms with Crippen LogP contribution in [0, 0.1) is 17.7 Å². The van der Waals surface area contributed by atoms with Crippen molar-refractivity contribution in [2.24, 2.45) is 11.8 Å². The molecular formula is C26H32FN3O6S. The number of nitrogens with one attached hydrogen (secondary N) is 1. The number of fused-ring (bicyclic) bond motifs is 1. The Kier molecular flexibility index (Phi) is 7.86. The number of carbonyl (C=O) groups is 2. The second-order valence-corrected chi connectivity index (χ2v) is 11.9. The number of carbonyl (C=O) groups excluding carboxylic acids is 2. The van der Waals surface area contributed by atoms with Gasteiger partial charge in [-0.25, -0.2) is 12.8 Å². The molecule has 1 fully saturated rings. The summed E-state index contributed by atoms with van der Waals surface area (Å²) >= 11 is 0. The molecule has 2 aromatic rings. The van der Waals surface area contributed by atoms with Gasteiger partial charge in [0.25, 0.3) is 5.91 Å². The van der Waals surface area contributed by atoms with E-state index in [0.29, 0.717) is 5.69 Å². The number of aliphatic hydroxyl groups is 1. The fraction of sp³-hybridized carbons (Fsp3) is 0.462. The Morgan fingerprint density at radius 1 is 1.24 bits per heavy atom. The minimum Gasteiger partial charge on any atom is -0.488 e. The van der Waals surface area contributed by atoms with Gasteiger partial charge < -0.3 is 20.1 Å². The van der Waals surface area contributed by atoms with Crippen molar-refractivity contribution in [2.75, 3.05) is 32.1 Å². The van der Waals surface area contributed by atoms with Crippen LogP contribution in [0.2, 0.25) is 0 Å². The molecule has 37 heavy (non-hydrogen) atoms. The van der Waals surface area contributed by atoms with Crippen LogP contribution in [0.25, 0.3) is 0 Å². The normalized spacial score (nSPS) is 21.0. The third kappa shape index (κ3) is 5.94. The van der Waals surface area contributed by atoms with Gasteiger partial charge in [-0.3, -0.25) is 9.59 Å². The van der Waals surface area contributed by atoms with Crippen LogP contribution in [0.1, 0.15) is 37.0 Å². The van der Waals surface area contributed by atoms with Gasteiger partial charge >= 0.3 is 0 Å². The molecule has 0 saturated heterocycles. The van der Waals surface area contributed by atoms with Crippen LogP contribution in [0.4, 0.5) is 10.1 Å². The molecule has 1 aliphatic heterocycles. The van der Waals surface area contributed by atoms with Crippen molar-refractivity contribution in [3.8, 4) is 5.75 Å². The number of anilines is 1. The van der Waals surface area contributed by atoms with Crippen LogP contribution >= 0.6 is 0 Å². The molecule has 0 bridgehead atoms. The topological polar surface area (TPSA) is 116 Å².